The number of nitriles is 2. The first-order valence-electron chi connectivity index (χ1n) is 6.54. The van der Waals surface area contributed by atoms with Crippen LogP contribution in [0.15, 0.2) is 23.2 Å². The van der Waals surface area contributed by atoms with E-state index in [0.717, 1.165) is 0 Å². The highest BCUT2D eigenvalue weighted by atomic mass is 32.2. The molecule has 0 fully saturated rings. The number of aromatic nitrogens is 1. The normalized spacial score (nSPS) is 11.3. The van der Waals surface area contributed by atoms with Crippen LogP contribution >= 0.6 is 11.8 Å². The molecule has 1 aromatic carbocycles. The number of benzene rings is 1. The molecule has 1 atom stereocenters. The number of hydrogen-bond acceptors (Lipinski definition) is 7. The minimum Gasteiger partial charge on any atom is -0.497 e. The molecule has 0 bridgehead atoms. The maximum absolute atomic E-state index is 12.0. The molecule has 0 radical (unpaired) electrons. The molecular weight excluding hydrogens is 314 g/mol. The van der Waals surface area contributed by atoms with Gasteiger partial charge in [-0.25, -0.2) is 4.98 Å². The predicted octanol–water partition coefficient (Wildman–Crippen LogP) is 2.62. The lowest BCUT2D eigenvalue weighted by Gasteiger charge is -2.15. The minimum atomic E-state index is -1.21. The first-order valence-corrected chi connectivity index (χ1v) is 7.76. The van der Waals surface area contributed by atoms with Crippen LogP contribution in [0.4, 0.5) is 0 Å². The summed E-state index contributed by atoms with van der Waals surface area (Å²) in [5.74, 6) is -1.38. The number of rotatable bonds is 4. The van der Waals surface area contributed by atoms with E-state index in [0.29, 0.717) is 27.2 Å². The summed E-state index contributed by atoms with van der Waals surface area (Å²) in [5, 5.41) is 19.9. The molecule has 6 nitrogen and oxygen atoms in total. The quantitative estimate of drug-likeness (QED) is 0.629. The van der Waals surface area contributed by atoms with Gasteiger partial charge in [0.25, 0.3) is 0 Å². The highest BCUT2D eigenvalue weighted by Crippen LogP contribution is 2.35. The molecule has 7 heteroatoms. The summed E-state index contributed by atoms with van der Waals surface area (Å²) >= 11 is 1.28. The Morgan fingerprint density at radius 3 is 2.61 bits per heavy atom. The second-order valence-electron chi connectivity index (χ2n) is 4.49. The molecule has 1 aromatic heterocycles. The van der Waals surface area contributed by atoms with Gasteiger partial charge in [-0.1, -0.05) is 0 Å². The highest BCUT2D eigenvalue weighted by Gasteiger charge is 2.29. The maximum atomic E-state index is 12.0. The van der Waals surface area contributed by atoms with Crippen LogP contribution in [-0.2, 0) is 9.53 Å². The second-order valence-corrected chi connectivity index (χ2v) is 5.28. The average Bonchev–Trinajstić information content (AvgIpc) is 2.60. The third-order valence-electron chi connectivity index (χ3n) is 3.36. The number of fused-ring (bicyclic) bond motifs is 1. The van der Waals surface area contributed by atoms with E-state index in [1.807, 2.05) is 6.07 Å². The molecule has 1 heterocycles. The van der Waals surface area contributed by atoms with E-state index in [1.54, 1.807) is 24.5 Å². The van der Waals surface area contributed by atoms with E-state index in [-0.39, 0.29) is 5.56 Å². The molecule has 1 unspecified atom stereocenters. The molecule has 0 aliphatic carbocycles. The van der Waals surface area contributed by atoms with Gasteiger partial charge in [-0.3, -0.25) is 4.79 Å². The summed E-state index contributed by atoms with van der Waals surface area (Å²) in [6.07, 6.45) is 1.78. The van der Waals surface area contributed by atoms with Crippen LogP contribution < -0.4 is 4.74 Å². The van der Waals surface area contributed by atoms with Crippen molar-refractivity contribution < 1.29 is 14.3 Å². The summed E-state index contributed by atoms with van der Waals surface area (Å²) in [4.78, 5) is 16.4. The molecule has 0 aliphatic rings. The first-order chi connectivity index (χ1) is 11.1. The lowest BCUT2D eigenvalue weighted by molar-refractivity contribution is -0.140. The van der Waals surface area contributed by atoms with Gasteiger partial charge >= 0.3 is 5.97 Å². The Kier molecular flexibility index (Phi) is 5.05. The van der Waals surface area contributed by atoms with E-state index in [1.165, 1.54) is 26.0 Å². The van der Waals surface area contributed by atoms with Crippen LogP contribution in [0.1, 0.15) is 17.0 Å². The minimum absolute atomic E-state index is 0.204. The Bertz CT molecular complexity index is 852. The van der Waals surface area contributed by atoms with Crippen molar-refractivity contribution in [2.75, 3.05) is 20.5 Å². The van der Waals surface area contributed by atoms with E-state index < -0.39 is 11.9 Å². The van der Waals surface area contributed by atoms with E-state index >= 15 is 0 Å². The van der Waals surface area contributed by atoms with Crippen LogP contribution in [-0.4, -0.2) is 31.4 Å². The van der Waals surface area contributed by atoms with Crippen LogP contribution in [0.25, 0.3) is 10.9 Å². The van der Waals surface area contributed by atoms with E-state index in [4.69, 9.17) is 9.47 Å². The van der Waals surface area contributed by atoms with Gasteiger partial charge in [-0.15, -0.1) is 11.8 Å². The Labute approximate surface area is 137 Å². The van der Waals surface area contributed by atoms with Gasteiger partial charge in [0.1, 0.15) is 16.8 Å². The monoisotopic (exact) mass is 327 g/mol. The molecule has 2 aromatic rings. The van der Waals surface area contributed by atoms with Crippen molar-refractivity contribution in [1.29, 1.82) is 10.5 Å². The topological polar surface area (TPSA) is 96.0 Å². The van der Waals surface area contributed by atoms with Gasteiger partial charge in [0, 0.05) is 10.9 Å². The van der Waals surface area contributed by atoms with Gasteiger partial charge in [-0.05, 0) is 24.5 Å². The van der Waals surface area contributed by atoms with Crippen LogP contribution in [0, 0.1) is 22.7 Å². The molecule has 0 saturated heterocycles. The fraction of sp³-hybridized carbons (Fsp3) is 0.250. The number of pyridine rings is 1. The third-order valence-corrected chi connectivity index (χ3v) is 4.04. The predicted molar refractivity (Wildman–Crippen MR) is 85.2 cm³/mol. The van der Waals surface area contributed by atoms with Crippen molar-refractivity contribution in [1.82, 2.24) is 4.98 Å². The van der Waals surface area contributed by atoms with Gasteiger partial charge in [0.2, 0.25) is 0 Å². The highest BCUT2D eigenvalue weighted by molar-refractivity contribution is 7.98. The third kappa shape index (κ3) is 2.92. The zero-order valence-electron chi connectivity index (χ0n) is 12.8. The number of hydrogen-bond donors (Lipinski definition) is 0. The lowest BCUT2D eigenvalue weighted by atomic mass is 9.92. The largest absolute Gasteiger partial charge is 0.497 e. The van der Waals surface area contributed by atoms with Crippen molar-refractivity contribution >= 4 is 28.6 Å². The molecule has 0 spiro atoms. The zero-order valence-corrected chi connectivity index (χ0v) is 13.6. The number of thioether (sulfide) groups is 1. The number of carbonyl (C=O) groups excluding carboxylic acids is 1. The van der Waals surface area contributed by atoms with Crippen molar-refractivity contribution in [3.8, 4) is 17.9 Å². The number of ether oxygens (including phenoxy) is 2. The Hall–Kier alpha value is -2.77. The second kappa shape index (κ2) is 6.99. The summed E-state index contributed by atoms with van der Waals surface area (Å²) in [7, 11) is 2.72. The van der Waals surface area contributed by atoms with Crippen molar-refractivity contribution in [3.63, 3.8) is 0 Å². The summed E-state index contributed by atoms with van der Waals surface area (Å²) < 4.78 is 9.90. The number of methoxy groups -OCH3 is 2. The number of carbonyl (C=O) groups is 1. The van der Waals surface area contributed by atoms with Gasteiger partial charge in [0.15, 0.2) is 5.92 Å². The summed E-state index contributed by atoms with van der Waals surface area (Å²) in [6, 6.07) is 9.10. The van der Waals surface area contributed by atoms with E-state index in [2.05, 4.69) is 11.1 Å². The zero-order chi connectivity index (χ0) is 17.0. The molecule has 0 saturated carbocycles. The Balaban J connectivity index is 2.94. The molecule has 0 aliphatic heterocycles. The fourth-order valence-corrected chi connectivity index (χ4v) is 2.83. The summed E-state index contributed by atoms with van der Waals surface area (Å²) in [5.41, 5.74) is 1.08. The molecule has 2 rings (SSSR count). The maximum Gasteiger partial charge on any atom is 0.327 e. The summed E-state index contributed by atoms with van der Waals surface area (Å²) in [6.45, 7) is 0. The van der Waals surface area contributed by atoms with Crippen LogP contribution in [0.3, 0.4) is 0 Å². The Morgan fingerprint density at radius 1 is 1.35 bits per heavy atom. The molecule has 0 amide bonds. The smallest absolute Gasteiger partial charge is 0.327 e. The van der Waals surface area contributed by atoms with E-state index in [9.17, 15) is 15.3 Å². The van der Waals surface area contributed by atoms with Gasteiger partial charge in [-0.2, -0.15) is 10.5 Å². The molecule has 23 heavy (non-hydrogen) atoms. The molecular formula is C16H13N3O3S. The fourth-order valence-electron chi connectivity index (χ4n) is 2.28. The standard InChI is InChI=1S/C16H13N3O3S/c1-21-9-4-5-13-10(6-9)14(12(8-18)16(20)22-2)11(7-17)15(19-13)23-3/h4-6,12H,1-3H3. The van der Waals surface area contributed by atoms with Crippen LogP contribution in [0.5, 0.6) is 5.75 Å². The van der Waals surface area contributed by atoms with Crippen molar-refractivity contribution in [2.24, 2.45) is 0 Å². The van der Waals surface area contributed by atoms with Crippen molar-refractivity contribution in [2.45, 2.75) is 10.9 Å². The molecule has 0 N–H and O–H groups in total. The van der Waals surface area contributed by atoms with Crippen molar-refractivity contribution in [3.05, 3.63) is 29.3 Å². The number of esters is 1. The van der Waals surface area contributed by atoms with Gasteiger partial charge in [0.05, 0.1) is 31.4 Å². The lowest BCUT2D eigenvalue weighted by Crippen LogP contribution is -2.15. The average molecular weight is 327 g/mol. The molecule has 116 valence electrons. The van der Waals surface area contributed by atoms with Crippen LogP contribution in [0.2, 0.25) is 0 Å². The Morgan fingerprint density at radius 2 is 2.09 bits per heavy atom. The van der Waals surface area contributed by atoms with Gasteiger partial charge < -0.3 is 9.47 Å². The number of nitrogens with zero attached hydrogens (tertiary/aromatic N) is 3. The first kappa shape index (κ1) is 16.6. The SMILES string of the molecule is COC(=O)C(C#N)c1c(C#N)c(SC)nc2ccc(OC)cc12.